The minimum atomic E-state index is -0.614. The van der Waals surface area contributed by atoms with Crippen LogP contribution in [0, 0.1) is 11.3 Å². The highest BCUT2D eigenvalue weighted by atomic mass is 16.3. The third-order valence-electron chi connectivity index (χ3n) is 4.15. The number of allylic oxidation sites excluding steroid dienone is 7. The number of hydrogen-bond donors (Lipinski definition) is 2. The molecule has 0 bridgehead atoms. The summed E-state index contributed by atoms with van der Waals surface area (Å²) in [4.78, 5) is 0. The van der Waals surface area contributed by atoms with Gasteiger partial charge in [0.05, 0.1) is 12.7 Å². The highest BCUT2D eigenvalue weighted by Gasteiger charge is 2.35. The largest absolute Gasteiger partial charge is 0.394 e. The molecule has 0 amide bonds. The first-order chi connectivity index (χ1) is 9.31. The first-order valence-electron chi connectivity index (χ1n) is 7.28. The summed E-state index contributed by atoms with van der Waals surface area (Å²) in [6, 6.07) is 0. The van der Waals surface area contributed by atoms with Crippen molar-refractivity contribution in [3.05, 3.63) is 47.6 Å². The fourth-order valence-electron chi connectivity index (χ4n) is 3.16. The van der Waals surface area contributed by atoms with Crippen molar-refractivity contribution in [2.75, 3.05) is 6.61 Å². The second kappa shape index (κ2) is 7.05. The van der Waals surface area contributed by atoms with Gasteiger partial charge in [0.2, 0.25) is 0 Å². The van der Waals surface area contributed by atoms with E-state index >= 15 is 0 Å². The van der Waals surface area contributed by atoms with Gasteiger partial charge in [0.15, 0.2) is 0 Å². The zero-order valence-electron chi connectivity index (χ0n) is 13.2. The summed E-state index contributed by atoms with van der Waals surface area (Å²) in [7, 11) is 0. The molecule has 2 atom stereocenters. The van der Waals surface area contributed by atoms with Gasteiger partial charge in [-0.2, -0.15) is 0 Å². The van der Waals surface area contributed by atoms with Crippen LogP contribution in [0.2, 0.25) is 0 Å². The number of aliphatic hydroxyl groups excluding tert-OH is 2. The van der Waals surface area contributed by atoms with E-state index < -0.39 is 6.10 Å². The molecule has 0 saturated heterocycles. The van der Waals surface area contributed by atoms with Crippen LogP contribution in [-0.2, 0) is 0 Å². The summed E-state index contributed by atoms with van der Waals surface area (Å²) >= 11 is 0. The Kier molecular flexibility index (Phi) is 5.97. The van der Waals surface area contributed by atoms with Gasteiger partial charge in [-0.05, 0) is 43.6 Å². The fraction of sp³-hybridized carbons (Fsp3) is 0.556. The molecule has 0 fully saturated rings. The van der Waals surface area contributed by atoms with Crippen LogP contribution in [0.1, 0.15) is 40.5 Å². The molecular weight excluding hydrogens is 248 g/mol. The summed E-state index contributed by atoms with van der Waals surface area (Å²) < 4.78 is 0. The lowest BCUT2D eigenvalue weighted by atomic mass is 9.67. The summed E-state index contributed by atoms with van der Waals surface area (Å²) in [5.41, 5.74) is 3.85. The predicted molar refractivity (Wildman–Crippen MR) is 85.4 cm³/mol. The van der Waals surface area contributed by atoms with E-state index in [0.29, 0.717) is 0 Å². The molecule has 0 aliphatic heterocycles. The summed E-state index contributed by atoms with van der Waals surface area (Å²) in [5.74, 6) is 0.150. The molecule has 2 unspecified atom stereocenters. The maximum absolute atomic E-state index is 9.90. The Morgan fingerprint density at radius 2 is 2.15 bits per heavy atom. The van der Waals surface area contributed by atoms with Crippen LogP contribution >= 0.6 is 0 Å². The molecule has 112 valence electrons. The van der Waals surface area contributed by atoms with E-state index in [1.807, 2.05) is 6.08 Å². The number of rotatable bonds is 5. The minimum Gasteiger partial charge on any atom is -0.394 e. The second-order valence-corrected chi connectivity index (χ2v) is 6.48. The molecule has 1 aliphatic rings. The van der Waals surface area contributed by atoms with E-state index in [1.54, 1.807) is 6.08 Å². The second-order valence-electron chi connectivity index (χ2n) is 6.48. The van der Waals surface area contributed by atoms with Gasteiger partial charge in [0.25, 0.3) is 0 Å². The molecule has 2 N–H and O–H groups in total. The lowest BCUT2D eigenvalue weighted by Gasteiger charge is -2.39. The SMILES string of the molecule is C=CC=C(C)C=CC1=C(C)CC(C(O)CO)CC1(C)C. The minimum absolute atomic E-state index is 0.0219. The van der Waals surface area contributed by atoms with Crippen molar-refractivity contribution in [1.82, 2.24) is 0 Å². The molecule has 0 saturated carbocycles. The molecule has 2 heteroatoms. The Labute approximate surface area is 123 Å². The van der Waals surface area contributed by atoms with E-state index in [4.69, 9.17) is 5.11 Å². The highest BCUT2D eigenvalue weighted by Crippen LogP contribution is 2.44. The average Bonchev–Trinajstić information content (AvgIpc) is 2.36. The van der Waals surface area contributed by atoms with Crippen LogP contribution < -0.4 is 0 Å². The van der Waals surface area contributed by atoms with Gasteiger partial charge in [-0.3, -0.25) is 0 Å². The highest BCUT2D eigenvalue weighted by molar-refractivity contribution is 5.37. The van der Waals surface area contributed by atoms with Crippen LogP contribution in [-0.4, -0.2) is 22.9 Å². The van der Waals surface area contributed by atoms with Crippen LogP contribution in [0.15, 0.2) is 47.6 Å². The summed E-state index contributed by atoms with van der Waals surface area (Å²) in [6.07, 6.45) is 9.22. The van der Waals surface area contributed by atoms with Crippen molar-refractivity contribution in [3.8, 4) is 0 Å². The topological polar surface area (TPSA) is 40.5 Å². The molecule has 20 heavy (non-hydrogen) atoms. The Balaban J connectivity index is 3.00. The van der Waals surface area contributed by atoms with Crippen molar-refractivity contribution in [3.63, 3.8) is 0 Å². The molecule has 0 radical (unpaired) electrons. The normalized spacial score (nSPS) is 25.1. The van der Waals surface area contributed by atoms with Crippen molar-refractivity contribution in [2.24, 2.45) is 11.3 Å². The van der Waals surface area contributed by atoms with Crippen molar-refractivity contribution < 1.29 is 10.2 Å². The Morgan fingerprint density at radius 3 is 2.65 bits per heavy atom. The summed E-state index contributed by atoms with van der Waals surface area (Å²) in [5, 5.41) is 19.0. The Bertz CT molecular complexity index is 438. The van der Waals surface area contributed by atoms with Gasteiger partial charge in [-0.25, -0.2) is 0 Å². The van der Waals surface area contributed by atoms with Crippen molar-refractivity contribution in [1.29, 1.82) is 0 Å². The lowest BCUT2D eigenvalue weighted by Crippen LogP contribution is -2.33. The van der Waals surface area contributed by atoms with Crippen LogP contribution in [0.4, 0.5) is 0 Å². The van der Waals surface area contributed by atoms with Gasteiger partial charge in [0, 0.05) is 0 Å². The van der Waals surface area contributed by atoms with Gasteiger partial charge in [0.1, 0.15) is 0 Å². The first-order valence-corrected chi connectivity index (χ1v) is 7.28. The molecule has 0 spiro atoms. The smallest absolute Gasteiger partial charge is 0.0802 e. The third-order valence-corrected chi connectivity index (χ3v) is 4.15. The number of aliphatic hydroxyl groups is 2. The molecule has 0 heterocycles. The molecular formula is C18H28O2. The maximum atomic E-state index is 9.90. The molecule has 1 rings (SSSR count). The van der Waals surface area contributed by atoms with Crippen molar-refractivity contribution >= 4 is 0 Å². The average molecular weight is 276 g/mol. The van der Waals surface area contributed by atoms with E-state index in [1.165, 1.54) is 16.7 Å². The van der Waals surface area contributed by atoms with Crippen LogP contribution in [0.5, 0.6) is 0 Å². The third kappa shape index (κ3) is 4.19. The van der Waals surface area contributed by atoms with E-state index in [2.05, 4.69) is 46.4 Å². The van der Waals surface area contributed by atoms with E-state index in [9.17, 15) is 5.11 Å². The standard InChI is InChI=1S/C18H28O2/c1-6-7-13(2)8-9-16-14(3)10-15(17(20)12-19)11-18(16,4)5/h6-9,15,17,19-20H,1,10-12H2,2-5H3. The van der Waals surface area contributed by atoms with E-state index in [0.717, 1.165) is 12.8 Å². The zero-order valence-corrected chi connectivity index (χ0v) is 13.2. The van der Waals surface area contributed by atoms with E-state index in [-0.39, 0.29) is 17.9 Å². The van der Waals surface area contributed by atoms with Crippen LogP contribution in [0.3, 0.4) is 0 Å². The zero-order chi connectivity index (χ0) is 15.3. The Hall–Kier alpha value is -1.12. The van der Waals surface area contributed by atoms with Gasteiger partial charge < -0.3 is 10.2 Å². The Morgan fingerprint density at radius 1 is 1.50 bits per heavy atom. The van der Waals surface area contributed by atoms with Crippen LogP contribution in [0.25, 0.3) is 0 Å². The monoisotopic (exact) mass is 276 g/mol. The molecule has 2 nitrogen and oxygen atoms in total. The maximum Gasteiger partial charge on any atom is 0.0802 e. The lowest BCUT2D eigenvalue weighted by molar-refractivity contribution is 0.0288. The number of hydrogen-bond acceptors (Lipinski definition) is 2. The molecule has 0 aromatic heterocycles. The molecule has 1 aliphatic carbocycles. The van der Waals surface area contributed by atoms with Crippen molar-refractivity contribution in [2.45, 2.75) is 46.6 Å². The first kappa shape index (κ1) is 16.9. The molecule has 0 aromatic rings. The predicted octanol–water partition coefficient (Wildman–Crippen LogP) is 3.78. The summed E-state index contributed by atoms with van der Waals surface area (Å²) in [6.45, 7) is 12.2. The fourth-order valence-corrected chi connectivity index (χ4v) is 3.16. The van der Waals surface area contributed by atoms with Gasteiger partial charge in [-0.1, -0.05) is 55.9 Å². The van der Waals surface area contributed by atoms with Gasteiger partial charge >= 0.3 is 0 Å². The molecule has 0 aromatic carbocycles. The quantitative estimate of drug-likeness (QED) is 0.750. The van der Waals surface area contributed by atoms with Gasteiger partial charge in [-0.15, -0.1) is 0 Å².